The minimum Gasteiger partial charge on any atom is -0.356 e. The predicted octanol–water partition coefficient (Wildman–Crippen LogP) is 3.24. The van der Waals surface area contributed by atoms with E-state index in [0.29, 0.717) is 17.5 Å². The molecular formula is C22H24FN3O4S. The quantitative estimate of drug-likeness (QED) is 0.481. The van der Waals surface area contributed by atoms with E-state index in [1.807, 2.05) is 6.07 Å². The van der Waals surface area contributed by atoms with Crippen molar-refractivity contribution in [2.75, 3.05) is 12.3 Å². The van der Waals surface area contributed by atoms with E-state index in [1.54, 1.807) is 43.3 Å². The molecule has 0 saturated carbocycles. The number of aromatic nitrogens is 2. The average molecular weight is 446 g/mol. The molecule has 0 fully saturated rings. The summed E-state index contributed by atoms with van der Waals surface area (Å²) in [6.45, 7) is 1.93. The van der Waals surface area contributed by atoms with E-state index in [4.69, 9.17) is 4.52 Å². The standard InChI is InChI=1S/C22H24FN3O4S/c1-16-8-9-18(14-19(16)23)22-25-21(30-26-22)11-10-20(27)24-12-5-13-31(28,29)15-17-6-3-2-4-7-17/h2-4,6-9,14H,5,10-13,15H2,1H3,(H,24,27). The lowest BCUT2D eigenvalue weighted by Gasteiger charge is -2.06. The van der Waals surface area contributed by atoms with Crippen molar-refractivity contribution in [2.24, 2.45) is 0 Å². The summed E-state index contributed by atoms with van der Waals surface area (Å²) < 4.78 is 43.1. The number of hydrogen-bond donors (Lipinski definition) is 1. The van der Waals surface area contributed by atoms with Crippen LogP contribution in [0.15, 0.2) is 53.1 Å². The van der Waals surface area contributed by atoms with Gasteiger partial charge in [0.1, 0.15) is 5.82 Å². The van der Waals surface area contributed by atoms with Crippen LogP contribution in [0.5, 0.6) is 0 Å². The molecule has 31 heavy (non-hydrogen) atoms. The molecule has 3 rings (SSSR count). The smallest absolute Gasteiger partial charge is 0.227 e. The van der Waals surface area contributed by atoms with Crippen LogP contribution in [-0.2, 0) is 26.8 Å². The zero-order valence-corrected chi connectivity index (χ0v) is 18.0. The van der Waals surface area contributed by atoms with Gasteiger partial charge in [-0.15, -0.1) is 0 Å². The lowest BCUT2D eigenvalue weighted by atomic mass is 10.1. The number of aryl methyl sites for hydroxylation is 2. The number of nitrogens with zero attached hydrogens (tertiary/aromatic N) is 2. The van der Waals surface area contributed by atoms with Crippen molar-refractivity contribution in [3.8, 4) is 11.4 Å². The molecule has 1 amide bonds. The summed E-state index contributed by atoms with van der Waals surface area (Å²) in [5.41, 5.74) is 1.77. The van der Waals surface area contributed by atoms with Gasteiger partial charge in [-0.25, -0.2) is 12.8 Å². The highest BCUT2D eigenvalue weighted by Gasteiger charge is 2.14. The monoisotopic (exact) mass is 445 g/mol. The van der Waals surface area contributed by atoms with Crippen LogP contribution < -0.4 is 5.32 Å². The Hall–Kier alpha value is -3.07. The molecular weight excluding hydrogens is 421 g/mol. The molecule has 0 unspecified atom stereocenters. The molecule has 0 spiro atoms. The highest BCUT2D eigenvalue weighted by atomic mass is 32.2. The maximum atomic E-state index is 13.7. The van der Waals surface area contributed by atoms with Crippen LogP contribution in [-0.4, -0.2) is 36.8 Å². The first kappa shape index (κ1) is 22.6. The van der Waals surface area contributed by atoms with Gasteiger partial charge in [0, 0.05) is 24.9 Å². The first-order valence-electron chi connectivity index (χ1n) is 9.92. The van der Waals surface area contributed by atoms with E-state index in [9.17, 15) is 17.6 Å². The predicted molar refractivity (Wildman–Crippen MR) is 114 cm³/mol. The number of hydrogen-bond acceptors (Lipinski definition) is 6. The Morgan fingerprint density at radius 2 is 1.94 bits per heavy atom. The normalized spacial score (nSPS) is 11.4. The largest absolute Gasteiger partial charge is 0.356 e. The molecule has 2 aromatic carbocycles. The second kappa shape index (κ2) is 10.3. The molecule has 0 saturated heterocycles. The maximum absolute atomic E-state index is 13.7. The molecule has 0 atom stereocenters. The summed E-state index contributed by atoms with van der Waals surface area (Å²) in [5.74, 6) is -0.0563. The Kier molecular flexibility index (Phi) is 7.51. The fraction of sp³-hybridized carbons (Fsp3) is 0.318. The van der Waals surface area contributed by atoms with Crippen molar-refractivity contribution in [3.63, 3.8) is 0 Å². The van der Waals surface area contributed by atoms with E-state index in [0.717, 1.165) is 5.56 Å². The molecule has 3 aromatic rings. The molecule has 1 aromatic heterocycles. The number of carbonyl (C=O) groups is 1. The molecule has 164 valence electrons. The summed E-state index contributed by atoms with van der Waals surface area (Å²) in [4.78, 5) is 16.2. The number of rotatable bonds is 10. The van der Waals surface area contributed by atoms with Gasteiger partial charge in [-0.2, -0.15) is 4.98 Å². The van der Waals surface area contributed by atoms with Gasteiger partial charge >= 0.3 is 0 Å². The second-order valence-corrected chi connectivity index (χ2v) is 9.44. The highest BCUT2D eigenvalue weighted by molar-refractivity contribution is 7.90. The second-order valence-electron chi connectivity index (χ2n) is 7.26. The van der Waals surface area contributed by atoms with Gasteiger partial charge in [0.05, 0.1) is 11.5 Å². The van der Waals surface area contributed by atoms with E-state index < -0.39 is 9.84 Å². The van der Waals surface area contributed by atoms with Crippen molar-refractivity contribution in [3.05, 3.63) is 71.4 Å². The van der Waals surface area contributed by atoms with Gasteiger partial charge in [0.15, 0.2) is 9.84 Å². The zero-order chi connectivity index (χ0) is 22.3. The van der Waals surface area contributed by atoms with Gasteiger partial charge in [0.25, 0.3) is 0 Å². The van der Waals surface area contributed by atoms with E-state index >= 15 is 0 Å². The zero-order valence-electron chi connectivity index (χ0n) is 17.2. The lowest BCUT2D eigenvalue weighted by molar-refractivity contribution is -0.121. The number of sulfone groups is 1. The Balaban J connectivity index is 1.39. The highest BCUT2D eigenvalue weighted by Crippen LogP contribution is 2.19. The van der Waals surface area contributed by atoms with Crippen LogP contribution in [0.25, 0.3) is 11.4 Å². The van der Waals surface area contributed by atoms with E-state index in [1.165, 1.54) is 6.07 Å². The number of halogens is 1. The van der Waals surface area contributed by atoms with Gasteiger partial charge < -0.3 is 9.84 Å². The molecule has 0 aliphatic carbocycles. The number of nitrogens with one attached hydrogen (secondary N) is 1. The fourth-order valence-corrected chi connectivity index (χ4v) is 4.36. The van der Waals surface area contributed by atoms with Crippen molar-refractivity contribution in [1.29, 1.82) is 0 Å². The Bertz CT molecular complexity index is 1130. The number of benzene rings is 2. The van der Waals surface area contributed by atoms with Crippen LogP contribution in [0.2, 0.25) is 0 Å². The minimum absolute atomic E-state index is 0.00228. The van der Waals surface area contributed by atoms with Crippen molar-refractivity contribution < 1.29 is 22.1 Å². The molecule has 0 radical (unpaired) electrons. The van der Waals surface area contributed by atoms with Crippen LogP contribution in [0.4, 0.5) is 4.39 Å². The van der Waals surface area contributed by atoms with Gasteiger partial charge in [0.2, 0.25) is 17.6 Å². The summed E-state index contributed by atoms with van der Waals surface area (Å²) in [7, 11) is -3.23. The summed E-state index contributed by atoms with van der Waals surface area (Å²) in [6.07, 6.45) is 0.699. The number of amides is 1. The molecule has 0 aliphatic heterocycles. The van der Waals surface area contributed by atoms with Gasteiger partial charge in [-0.1, -0.05) is 47.6 Å². The number of carbonyl (C=O) groups excluding carboxylic acids is 1. The van der Waals surface area contributed by atoms with Crippen LogP contribution >= 0.6 is 0 Å². The molecule has 0 bridgehead atoms. The molecule has 7 nitrogen and oxygen atoms in total. The Labute approximate surface area is 180 Å². The van der Waals surface area contributed by atoms with Gasteiger partial charge in [-0.3, -0.25) is 4.79 Å². The van der Waals surface area contributed by atoms with E-state index in [-0.39, 0.29) is 54.3 Å². The maximum Gasteiger partial charge on any atom is 0.227 e. The molecule has 9 heteroatoms. The van der Waals surface area contributed by atoms with Gasteiger partial charge in [-0.05, 0) is 30.5 Å². The Morgan fingerprint density at radius 3 is 2.68 bits per heavy atom. The average Bonchev–Trinajstić information content (AvgIpc) is 3.21. The molecule has 1 N–H and O–H groups in total. The Morgan fingerprint density at radius 1 is 1.16 bits per heavy atom. The molecule has 1 heterocycles. The SMILES string of the molecule is Cc1ccc(-c2noc(CCC(=O)NCCCS(=O)(=O)Cc3ccccc3)n2)cc1F. The van der Waals surface area contributed by atoms with Crippen molar-refractivity contribution in [2.45, 2.75) is 31.9 Å². The topological polar surface area (TPSA) is 102 Å². The minimum atomic E-state index is -3.23. The fourth-order valence-electron chi connectivity index (χ4n) is 2.93. The van der Waals surface area contributed by atoms with Crippen molar-refractivity contribution >= 4 is 15.7 Å². The summed E-state index contributed by atoms with van der Waals surface area (Å²) >= 11 is 0. The molecule has 0 aliphatic rings. The third-order valence-electron chi connectivity index (χ3n) is 4.65. The van der Waals surface area contributed by atoms with E-state index in [2.05, 4.69) is 15.5 Å². The first-order valence-corrected chi connectivity index (χ1v) is 11.7. The summed E-state index contributed by atoms with van der Waals surface area (Å²) in [6, 6.07) is 13.7. The van der Waals surface area contributed by atoms with Crippen LogP contribution in [0.3, 0.4) is 0 Å². The lowest BCUT2D eigenvalue weighted by Crippen LogP contribution is -2.26. The van der Waals surface area contributed by atoms with Crippen LogP contribution in [0.1, 0.15) is 29.9 Å². The van der Waals surface area contributed by atoms with Crippen LogP contribution in [0, 0.1) is 12.7 Å². The first-order chi connectivity index (χ1) is 14.8. The third-order valence-corrected chi connectivity index (χ3v) is 6.33. The third kappa shape index (κ3) is 6.99. The summed E-state index contributed by atoms with van der Waals surface area (Å²) in [5, 5.41) is 6.52. The van der Waals surface area contributed by atoms with Crippen molar-refractivity contribution in [1.82, 2.24) is 15.5 Å².